The minimum Gasteiger partial charge on any atom is -0.456 e. The van der Waals surface area contributed by atoms with Crippen molar-refractivity contribution in [1.29, 1.82) is 0 Å². The van der Waals surface area contributed by atoms with Crippen molar-refractivity contribution in [3.63, 3.8) is 0 Å². The molecule has 0 saturated carbocycles. The lowest BCUT2D eigenvalue weighted by atomic mass is 9.70. The molecular formula is C52H32N2O. The van der Waals surface area contributed by atoms with Gasteiger partial charge in [-0.15, -0.1) is 0 Å². The summed E-state index contributed by atoms with van der Waals surface area (Å²) in [5, 5.41) is 3.19. The minimum atomic E-state index is -0.434. The quantitative estimate of drug-likeness (QED) is 0.183. The van der Waals surface area contributed by atoms with Crippen molar-refractivity contribution in [3.05, 3.63) is 217 Å². The highest BCUT2D eigenvalue weighted by atomic mass is 16.3. The highest BCUT2D eigenvalue weighted by Crippen LogP contribution is 2.64. The molecular weight excluding hydrogens is 669 g/mol. The van der Waals surface area contributed by atoms with Gasteiger partial charge in [0.15, 0.2) is 0 Å². The molecule has 8 aromatic carbocycles. The largest absolute Gasteiger partial charge is 0.456 e. The molecule has 1 spiro atoms. The van der Waals surface area contributed by atoms with Crippen LogP contribution in [-0.2, 0) is 5.41 Å². The first-order chi connectivity index (χ1) is 27.3. The zero-order valence-electron chi connectivity index (χ0n) is 29.8. The van der Waals surface area contributed by atoms with Crippen LogP contribution in [-0.4, -0.2) is 4.98 Å². The molecule has 0 fully saturated rings. The summed E-state index contributed by atoms with van der Waals surface area (Å²) in [6.45, 7) is 0. The molecule has 0 radical (unpaired) electrons. The molecule has 256 valence electrons. The van der Waals surface area contributed by atoms with Crippen molar-refractivity contribution < 1.29 is 4.42 Å². The van der Waals surface area contributed by atoms with E-state index in [0.717, 1.165) is 49.9 Å². The van der Waals surface area contributed by atoms with Gasteiger partial charge < -0.3 is 9.32 Å². The third kappa shape index (κ3) is 4.18. The third-order valence-electron chi connectivity index (χ3n) is 11.9. The number of hydrogen-bond acceptors (Lipinski definition) is 3. The molecule has 3 heteroatoms. The summed E-state index contributed by atoms with van der Waals surface area (Å²) < 4.78 is 6.48. The molecule has 2 aliphatic rings. The zero-order chi connectivity index (χ0) is 36.1. The van der Waals surface area contributed by atoms with Crippen LogP contribution in [0.4, 0.5) is 17.1 Å². The number of anilines is 3. The third-order valence-corrected chi connectivity index (χ3v) is 11.9. The molecule has 3 nitrogen and oxygen atoms in total. The maximum Gasteiger partial charge on any atom is 0.136 e. The lowest BCUT2D eigenvalue weighted by Crippen LogP contribution is -2.26. The van der Waals surface area contributed by atoms with E-state index in [4.69, 9.17) is 4.42 Å². The fourth-order valence-corrected chi connectivity index (χ4v) is 9.64. The van der Waals surface area contributed by atoms with Crippen LogP contribution in [0.15, 0.2) is 199 Å². The predicted octanol–water partition coefficient (Wildman–Crippen LogP) is 13.6. The Balaban J connectivity index is 1.14. The SMILES string of the molecule is c1ccc(-c2ccc(N(c3ccc4oc5cc6cccnc6cc5c4c3)c3cccc4c3-c3ccccc3C43c4ccccc4-c4ccccc43)cc2)cc1. The molecule has 12 rings (SSSR count). The molecule has 0 amide bonds. The molecule has 0 atom stereocenters. The van der Waals surface area contributed by atoms with Crippen molar-refractivity contribution in [3.8, 4) is 33.4 Å². The molecule has 10 aromatic rings. The van der Waals surface area contributed by atoms with Crippen molar-refractivity contribution in [2.45, 2.75) is 5.41 Å². The smallest absolute Gasteiger partial charge is 0.136 e. The van der Waals surface area contributed by atoms with E-state index < -0.39 is 5.41 Å². The summed E-state index contributed by atoms with van der Waals surface area (Å²) >= 11 is 0. The number of benzene rings is 8. The van der Waals surface area contributed by atoms with Gasteiger partial charge in [-0.1, -0.05) is 133 Å². The van der Waals surface area contributed by atoms with Gasteiger partial charge in [-0.05, 0) is 105 Å². The van der Waals surface area contributed by atoms with E-state index in [-0.39, 0.29) is 0 Å². The Morgan fingerprint density at radius 3 is 1.82 bits per heavy atom. The van der Waals surface area contributed by atoms with Gasteiger partial charge in [-0.2, -0.15) is 0 Å². The van der Waals surface area contributed by atoms with Crippen LogP contribution in [0, 0.1) is 0 Å². The number of fused-ring (bicyclic) bond motifs is 14. The van der Waals surface area contributed by atoms with Crippen LogP contribution >= 0.6 is 0 Å². The van der Waals surface area contributed by atoms with E-state index in [2.05, 4.69) is 192 Å². The second-order valence-electron chi connectivity index (χ2n) is 14.7. The topological polar surface area (TPSA) is 29.3 Å². The van der Waals surface area contributed by atoms with Gasteiger partial charge in [0.25, 0.3) is 0 Å². The van der Waals surface area contributed by atoms with E-state index in [0.29, 0.717) is 0 Å². The Bertz CT molecular complexity index is 3110. The lowest BCUT2D eigenvalue weighted by Gasteiger charge is -2.31. The van der Waals surface area contributed by atoms with Crippen LogP contribution in [0.2, 0.25) is 0 Å². The fourth-order valence-electron chi connectivity index (χ4n) is 9.64. The van der Waals surface area contributed by atoms with Gasteiger partial charge in [0, 0.05) is 39.3 Å². The van der Waals surface area contributed by atoms with Gasteiger partial charge in [0.05, 0.1) is 16.6 Å². The number of aromatic nitrogens is 1. The zero-order valence-corrected chi connectivity index (χ0v) is 29.8. The van der Waals surface area contributed by atoms with E-state index in [1.54, 1.807) is 0 Å². The van der Waals surface area contributed by atoms with Crippen LogP contribution in [0.3, 0.4) is 0 Å². The average Bonchev–Trinajstić information content (AvgIpc) is 3.87. The molecule has 2 aromatic heterocycles. The molecule has 55 heavy (non-hydrogen) atoms. The maximum absolute atomic E-state index is 6.48. The van der Waals surface area contributed by atoms with E-state index in [1.807, 2.05) is 12.3 Å². The summed E-state index contributed by atoms with van der Waals surface area (Å²) in [7, 11) is 0. The van der Waals surface area contributed by atoms with Crippen LogP contribution in [0.1, 0.15) is 22.3 Å². The predicted molar refractivity (Wildman–Crippen MR) is 225 cm³/mol. The second-order valence-corrected chi connectivity index (χ2v) is 14.7. The van der Waals surface area contributed by atoms with Gasteiger partial charge in [0.1, 0.15) is 11.2 Å². The van der Waals surface area contributed by atoms with Gasteiger partial charge in [-0.25, -0.2) is 0 Å². The van der Waals surface area contributed by atoms with Crippen LogP contribution in [0.5, 0.6) is 0 Å². The number of rotatable bonds is 4. The standard InChI is InChI=1S/C52H32N2O/c1-2-12-33(13-3-1)34-23-25-36(26-24-34)54(37-27-28-49-41(31-37)42-32-47-35(14-11-29-53-47)30-50(42)55-49)48-22-10-21-46-51(48)40-17-6-9-20-45(40)52(46)43-18-7-4-15-38(43)39-16-5-8-19-44(39)52/h1-32H. The van der Waals surface area contributed by atoms with Gasteiger partial charge in [-0.3, -0.25) is 4.98 Å². The summed E-state index contributed by atoms with van der Waals surface area (Å²) in [5.41, 5.74) is 18.3. The Morgan fingerprint density at radius 1 is 0.436 bits per heavy atom. The fraction of sp³-hybridized carbons (Fsp3) is 0.0192. The Kier molecular flexibility index (Phi) is 6.26. The Hall–Kier alpha value is -7.23. The van der Waals surface area contributed by atoms with E-state index in [1.165, 1.54) is 55.6 Å². The van der Waals surface area contributed by atoms with E-state index in [9.17, 15) is 0 Å². The first-order valence-corrected chi connectivity index (χ1v) is 18.9. The molecule has 0 bridgehead atoms. The molecule has 2 heterocycles. The molecule has 0 unspecified atom stereocenters. The maximum atomic E-state index is 6.48. The van der Waals surface area contributed by atoms with Crippen LogP contribution in [0.25, 0.3) is 66.2 Å². The Labute approximate surface area is 318 Å². The lowest BCUT2D eigenvalue weighted by molar-refractivity contribution is 0.669. The van der Waals surface area contributed by atoms with Crippen LogP contribution < -0.4 is 4.90 Å². The summed E-state index contributed by atoms with van der Waals surface area (Å²) in [5.74, 6) is 0. The number of pyridine rings is 1. The average molecular weight is 701 g/mol. The molecule has 0 aliphatic heterocycles. The molecule has 2 aliphatic carbocycles. The molecule has 0 N–H and O–H groups in total. The molecule has 0 saturated heterocycles. The highest BCUT2D eigenvalue weighted by Gasteiger charge is 2.52. The minimum absolute atomic E-state index is 0.434. The van der Waals surface area contributed by atoms with Gasteiger partial charge in [0.2, 0.25) is 0 Å². The first kappa shape index (κ1) is 30.3. The first-order valence-electron chi connectivity index (χ1n) is 18.9. The number of furan rings is 1. The highest BCUT2D eigenvalue weighted by molar-refractivity contribution is 6.11. The van der Waals surface area contributed by atoms with Crippen molar-refractivity contribution in [2.75, 3.05) is 4.90 Å². The normalized spacial score (nSPS) is 13.2. The number of hydrogen-bond donors (Lipinski definition) is 0. The Morgan fingerprint density at radius 2 is 1.05 bits per heavy atom. The van der Waals surface area contributed by atoms with E-state index >= 15 is 0 Å². The van der Waals surface area contributed by atoms with Crippen molar-refractivity contribution in [2.24, 2.45) is 0 Å². The van der Waals surface area contributed by atoms with Crippen molar-refractivity contribution in [1.82, 2.24) is 4.98 Å². The monoisotopic (exact) mass is 700 g/mol. The second kappa shape index (κ2) is 11.4. The number of nitrogens with zero attached hydrogens (tertiary/aromatic N) is 2. The summed E-state index contributed by atoms with van der Waals surface area (Å²) in [6, 6.07) is 68.5. The van der Waals surface area contributed by atoms with Crippen molar-refractivity contribution >= 4 is 49.9 Å². The summed E-state index contributed by atoms with van der Waals surface area (Å²) in [6.07, 6.45) is 1.85. The van der Waals surface area contributed by atoms with Gasteiger partial charge >= 0.3 is 0 Å². The summed E-state index contributed by atoms with van der Waals surface area (Å²) in [4.78, 5) is 7.12.